The van der Waals surface area contributed by atoms with Crippen LogP contribution in [0.1, 0.15) is 50.0 Å². The van der Waals surface area contributed by atoms with E-state index in [1.54, 1.807) is 0 Å². The molecule has 2 fully saturated rings. The van der Waals surface area contributed by atoms with Crippen LogP contribution in [0.15, 0.2) is 30.3 Å². The maximum absolute atomic E-state index is 12.4. The number of amides is 1. The average Bonchev–Trinajstić information content (AvgIpc) is 3.07. The third kappa shape index (κ3) is 3.72. The molecule has 5 nitrogen and oxygen atoms in total. The standard InChI is InChI=1S/C18H23NO4/c20-17(15-10-11-16(23-15)18(21)22)19-14-9-5-4-8-13(14)12-6-2-1-3-7-12/h1-3,6-7,13-16H,4-5,8-11H2,(H,19,20)(H,21,22)/t13?,14?,15-,16+/m0/s1. The molecule has 1 aliphatic carbocycles. The third-order valence-electron chi connectivity index (χ3n) is 4.91. The molecule has 4 atom stereocenters. The molecule has 1 amide bonds. The first-order valence-electron chi connectivity index (χ1n) is 8.38. The Morgan fingerprint density at radius 2 is 1.70 bits per heavy atom. The zero-order valence-corrected chi connectivity index (χ0v) is 13.1. The molecule has 0 bridgehead atoms. The van der Waals surface area contributed by atoms with Crippen molar-refractivity contribution in [3.05, 3.63) is 35.9 Å². The van der Waals surface area contributed by atoms with Gasteiger partial charge < -0.3 is 15.2 Å². The van der Waals surface area contributed by atoms with Crippen LogP contribution in [0.2, 0.25) is 0 Å². The molecule has 2 unspecified atom stereocenters. The van der Waals surface area contributed by atoms with Crippen molar-refractivity contribution in [1.82, 2.24) is 5.32 Å². The van der Waals surface area contributed by atoms with E-state index in [0.717, 1.165) is 19.3 Å². The molecule has 2 aliphatic rings. The van der Waals surface area contributed by atoms with E-state index in [1.165, 1.54) is 12.0 Å². The predicted molar refractivity (Wildman–Crippen MR) is 85.1 cm³/mol. The van der Waals surface area contributed by atoms with Gasteiger partial charge in [0.1, 0.15) is 6.10 Å². The largest absolute Gasteiger partial charge is 0.479 e. The van der Waals surface area contributed by atoms with Crippen molar-refractivity contribution >= 4 is 11.9 Å². The van der Waals surface area contributed by atoms with Crippen LogP contribution < -0.4 is 5.32 Å². The fraction of sp³-hybridized carbons (Fsp3) is 0.556. The van der Waals surface area contributed by atoms with E-state index in [9.17, 15) is 9.59 Å². The number of carboxylic acid groups (broad SMARTS) is 1. The van der Waals surface area contributed by atoms with Crippen LogP contribution in [0.5, 0.6) is 0 Å². The summed E-state index contributed by atoms with van der Waals surface area (Å²) in [5.74, 6) is -0.827. The summed E-state index contributed by atoms with van der Waals surface area (Å²) in [6, 6.07) is 10.4. The van der Waals surface area contributed by atoms with E-state index >= 15 is 0 Å². The molecule has 124 valence electrons. The Kier molecular flexibility index (Phi) is 4.96. The number of rotatable bonds is 4. The lowest BCUT2D eigenvalue weighted by atomic mass is 9.80. The van der Waals surface area contributed by atoms with Crippen LogP contribution in [0.3, 0.4) is 0 Å². The second-order valence-electron chi connectivity index (χ2n) is 6.45. The van der Waals surface area contributed by atoms with Gasteiger partial charge in [-0.1, -0.05) is 43.2 Å². The molecule has 1 aliphatic heterocycles. The Morgan fingerprint density at radius 1 is 1.00 bits per heavy atom. The summed E-state index contributed by atoms with van der Waals surface area (Å²) >= 11 is 0. The lowest BCUT2D eigenvalue weighted by molar-refractivity contribution is -0.152. The molecule has 1 aromatic carbocycles. The zero-order valence-electron chi connectivity index (χ0n) is 13.1. The summed E-state index contributed by atoms with van der Waals surface area (Å²) < 4.78 is 5.36. The van der Waals surface area contributed by atoms with Gasteiger partial charge in [-0.2, -0.15) is 0 Å². The van der Waals surface area contributed by atoms with Crippen molar-refractivity contribution in [1.29, 1.82) is 0 Å². The second-order valence-corrected chi connectivity index (χ2v) is 6.45. The highest BCUT2D eigenvalue weighted by Crippen LogP contribution is 2.33. The van der Waals surface area contributed by atoms with Crippen molar-refractivity contribution in [2.45, 2.75) is 62.7 Å². The SMILES string of the molecule is O=C(NC1CCCCC1c1ccccc1)[C@@H]1CC[C@H](C(=O)O)O1. The Morgan fingerprint density at radius 3 is 2.39 bits per heavy atom. The van der Waals surface area contributed by atoms with E-state index in [2.05, 4.69) is 17.4 Å². The number of benzene rings is 1. The average molecular weight is 317 g/mol. The van der Waals surface area contributed by atoms with Gasteiger partial charge in [-0.05, 0) is 31.2 Å². The summed E-state index contributed by atoms with van der Waals surface area (Å²) in [6.07, 6.45) is 3.71. The van der Waals surface area contributed by atoms with E-state index in [4.69, 9.17) is 9.84 Å². The predicted octanol–water partition coefficient (Wildman–Crippen LogP) is 2.46. The fourth-order valence-electron chi connectivity index (χ4n) is 3.69. The van der Waals surface area contributed by atoms with Crippen LogP contribution >= 0.6 is 0 Å². The van der Waals surface area contributed by atoms with Gasteiger partial charge in [0.05, 0.1) is 0 Å². The molecule has 1 aromatic rings. The third-order valence-corrected chi connectivity index (χ3v) is 4.91. The Labute approximate surface area is 136 Å². The van der Waals surface area contributed by atoms with E-state index in [-0.39, 0.29) is 11.9 Å². The summed E-state index contributed by atoms with van der Waals surface area (Å²) in [7, 11) is 0. The number of carbonyl (C=O) groups is 2. The minimum Gasteiger partial charge on any atom is -0.479 e. The number of aliphatic carboxylic acids is 1. The second kappa shape index (κ2) is 7.13. The van der Waals surface area contributed by atoms with Crippen LogP contribution in [0, 0.1) is 0 Å². The maximum Gasteiger partial charge on any atom is 0.332 e. The van der Waals surface area contributed by atoms with Crippen molar-refractivity contribution in [3.63, 3.8) is 0 Å². The molecule has 1 heterocycles. The quantitative estimate of drug-likeness (QED) is 0.894. The smallest absolute Gasteiger partial charge is 0.332 e. The van der Waals surface area contributed by atoms with Crippen molar-refractivity contribution in [3.8, 4) is 0 Å². The minimum absolute atomic E-state index is 0.103. The normalized spacial score (nSPS) is 30.8. The Balaban J connectivity index is 1.63. The Bertz CT molecular complexity index is 559. The Hall–Kier alpha value is -1.88. The molecular weight excluding hydrogens is 294 g/mol. The molecule has 0 radical (unpaired) electrons. The van der Waals surface area contributed by atoms with E-state index < -0.39 is 18.2 Å². The number of carbonyl (C=O) groups excluding carboxylic acids is 1. The van der Waals surface area contributed by atoms with Gasteiger partial charge in [-0.15, -0.1) is 0 Å². The summed E-state index contributed by atoms with van der Waals surface area (Å²) in [5.41, 5.74) is 1.26. The molecule has 1 saturated heterocycles. The fourth-order valence-corrected chi connectivity index (χ4v) is 3.69. The highest BCUT2D eigenvalue weighted by molar-refractivity contribution is 5.83. The molecule has 2 N–H and O–H groups in total. The molecule has 23 heavy (non-hydrogen) atoms. The van der Waals surface area contributed by atoms with Crippen LogP contribution in [0.4, 0.5) is 0 Å². The van der Waals surface area contributed by atoms with Crippen molar-refractivity contribution in [2.24, 2.45) is 0 Å². The number of carboxylic acids is 1. The first kappa shape index (κ1) is 16.0. The number of hydrogen-bond donors (Lipinski definition) is 2. The molecule has 5 heteroatoms. The highest BCUT2D eigenvalue weighted by Gasteiger charge is 2.36. The number of ether oxygens (including phenoxy) is 1. The first-order valence-corrected chi connectivity index (χ1v) is 8.38. The highest BCUT2D eigenvalue weighted by atomic mass is 16.5. The van der Waals surface area contributed by atoms with Crippen LogP contribution in [-0.2, 0) is 14.3 Å². The van der Waals surface area contributed by atoms with E-state index in [1.807, 2.05) is 18.2 Å². The van der Waals surface area contributed by atoms with Gasteiger partial charge in [0.15, 0.2) is 6.10 Å². The van der Waals surface area contributed by atoms with Gasteiger partial charge >= 0.3 is 5.97 Å². The molecule has 0 aromatic heterocycles. The topological polar surface area (TPSA) is 75.6 Å². The zero-order chi connectivity index (χ0) is 16.2. The lowest BCUT2D eigenvalue weighted by Gasteiger charge is -2.33. The van der Waals surface area contributed by atoms with Crippen LogP contribution in [0.25, 0.3) is 0 Å². The maximum atomic E-state index is 12.4. The van der Waals surface area contributed by atoms with Gasteiger partial charge in [-0.3, -0.25) is 4.79 Å². The van der Waals surface area contributed by atoms with Gasteiger partial charge in [0.25, 0.3) is 0 Å². The number of nitrogens with one attached hydrogen (secondary N) is 1. The van der Waals surface area contributed by atoms with Crippen LogP contribution in [-0.4, -0.2) is 35.2 Å². The molecule has 1 saturated carbocycles. The van der Waals surface area contributed by atoms with Gasteiger partial charge in [0.2, 0.25) is 5.91 Å². The van der Waals surface area contributed by atoms with Crippen molar-refractivity contribution in [2.75, 3.05) is 0 Å². The molecule has 3 rings (SSSR count). The lowest BCUT2D eigenvalue weighted by Crippen LogP contribution is -2.45. The van der Waals surface area contributed by atoms with Crippen molar-refractivity contribution < 1.29 is 19.4 Å². The van der Waals surface area contributed by atoms with Gasteiger partial charge in [-0.25, -0.2) is 4.79 Å². The monoisotopic (exact) mass is 317 g/mol. The number of hydrogen-bond acceptors (Lipinski definition) is 3. The summed E-state index contributed by atoms with van der Waals surface area (Å²) in [4.78, 5) is 23.4. The summed E-state index contributed by atoms with van der Waals surface area (Å²) in [6.45, 7) is 0. The molecule has 0 spiro atoms. The summed E-state index contributed by atoms with van der Waals surface area (Å²) in [5, 5.41) is 12.1. The molecular formula is C18H23NO4. The minimum atomic E-state index is -0.986. The first-order chi connectivity index (χ1) is 11.1. The van der Waals surface area contributed by atoms with Gasteiger partial charge in [0, 0.05) is 12.0 Å². The van der Waals surface area contributed by atoms with E-state index in [0.29, 0.717) is 18.8 Å².